The number of ketones is 1. The molecule has 1 aromatic carbocycles. The fourth-order valence-electron chi connectivity index (χ4n) is 3.25. The summed E-state index contributed by atoms with van der Waals surface area (Å²) in [5, 5.41) is 6.10. The van der Waals surface area contributed by atoms with Gasteiger partial charge in [-0.15, -0.1) is 0 Å². The van der Waals surface area contributed by atoms with E-state index in [1.807, 2.05) is 13.0 Å². The average molecular weight is 406 g/mol. The van der Waals surface area contributed by atoms with Crippen LogP contribution in [0.15, 0.2) is 18.2 Å². The van der Waals surface area contributed by atoms with E-state index < -0.39 is 0 Å². The number of rotatable bonds is 9. The summed E-state index contributed by atoms with van der Waals surface area (Å²) >= 11 is 5.30. The Labute approximate surface area is 175 Å². The van der Waals surface area contributed by atoms with Gasteiger partial charge in [0.25, 0.3) is 0 Å². The predicted octanol–water partition coefficient (Wildman–Crippen LogP) is 4.72. The van der Waals surface area contributed by atoms with Crippen molar-refractivity contribution in [2.24, 2.45) is 11.8 Å². The van der Waals surface area contributed by atoms with Gasteiger partial charge in [-0.25, -0.2) is 0 Å². The van der Waals surface area contributed by atoms with Crippen LogP contribution in [0, 0.1) is 11.8 Å². The molecule has 0 saturated heterocycles. The molecule has 1 amide bonds. The molecule has 0 spiro atoms. The van der Waals surface area contributed by atoms with Crippen LogP contribution in [0.3, 0.4) is 0 Å². The van der Waals surface area contributed by atoms with E-state index in [1.165, 1.54) is 6.92 Å². The Morgan fingerprint density at radius 3 is 2.07 bits per heavy atom. The lowest BCUT2D eigenvalue weighted by atomic mass is 9.95. The molecule has 1 rings (SSSR count). The molecule has 5 nitrogen and oxygen atoms in total. The lowest BCUT2D eigenvalue weighted by Gasteiger charge is -2.31. The lowest BCUT2D eigenvalue weighted by molar-refractivity contribution is -0.118. The highest BCUT2D eigenvalue weighted by molar-refractivity contribution is 7.80. The number of benzene rings is 1. The van der Waals surface area contributed by atoms with Gasteiger partial charge in [-0.3, -0.25) is 4.79 Å². The Balaban J connectivity index is 3.32. The van der Waals surface area contributed by atoms with Crippen LogP contribution in [0.2, 0.25) is 0 Å². The molecule has 0 aliphatic carbocycles. The Bertz CT molecular complexity index is 691. The summed E-state index contributed by atoms with van der Waals surface area (Å²) in [4.78, 5) is 25.3. The Hall–Kier alpha value is -1.95. The van der Waals surface area contributed by atoms with Crippen molar-refractivity contribution in [1.29, 1.82) is 0 Å². The zero-order chi connectivity index (χ0) is 21.4. The van der Waals surface area contributed by atoms with Crippen molar-refractivity contribution in [3.63, 3.8) is 0 Å². The van der Waals surface area contributed by atoms with E-state index in [-0.39, 0.29) is 22.7 Å². The molecule has 2 N–H and O–H groups in total. The fraction of sp³-hybridized carbons (Fsp3) is 0.591. The Kier molecular flexibility index (Phi) is 9.59. The van der Waals surface area contributed by atoms with Gasteiger partial charge in [0, 0.05) is 26.4 Å². The molecule has 28 heavy (non-hydrogen) atoms. The molecule has 0 aliphatic rings. The average Bonchev–Trinajstić information content (AvgIpc) is 2.51. The molecule has 0 fully saturated rings. The van der Waals surface area contributed by atoms with Crippen LogP contribution in [0.5, 0.6) is 0 Å². The minimum absolute atomic E-state index is 0.116. The summed E-state index contributed by atoms with van der Waals surface area (Å²) in [5.74, 6) is 1.09. The minimum Gasteiger partial charge on any atom is -0.369 e. The van der Waals surface area contributed by atoms with E-state index in [2.05, 4.69) is 55.4 Å². The van der Waals surface area contributed by atoms with Crippen molar-refractivity contribution in [3.05, 3.63) is 23.8 Å². The Morgan fingerprint density at radius 2 is 1.61 bits per heavy atom. The third-order valence-electron chi connectivity index (χ3n) is 4.23. The maximum atomic E-state index is 11.5. The second kappa shape index (κ2) is 11.1. The van der Waals surface area contributed by atoms with Gasteiger partial charge in [0.1, 0.15) is 5.78 Å². The van der Waals surface area contributed by atoms with E-state index in [1.54, 1.807) is 6.92 Å². The first kappa shape index (κ1) is 24.1. The first-order valence-electron chi connectivity index (χ1n) is 9.96. The SMILES string of the molecule is CC(=O)CC(C)c1ccc(N(CC(C)C)CC(C)C)c(NC(=S)NC(C)=O)c1. The number of thiocarbonyl (C=S) groups is 1. The standard InChI is InChI=1S/C22H35N3O2S/c1-14(2)12-25(13-15(3)4)21-9-8-19(16(5)10-17(6)26)11-20(21)24-22(28)23-18(7)27/h8-9,11,14-16H,10,12-13H2,1-7H3,(H2,23,24,27,28). The number of nitrogens with one attached hydrogen (secondary N) is 2. The second-order valence-corrected chi connectivity index (χ2v) is 8.82. The smallest absolute Gasteiger partial charge is 0.222 e. The number of hydrogen-bond acceptors (Lipinski definition) is 4. The summed E-state index contributed by atoms with van der Waals surface area (Å²) < 4.78 is 0. The number of amides is 1. The number of carbonyl (C=O) groups excluding carboxylic acids is 2. The van der Waals surface area contributed by atoms with Gasteiger partial charge < -0.3 is 20.3 Å². The maximum Gasteiger partial charge on any atom is 0.222 e. The largest absolute Gasteiger partial charge is 0.369 e. The van der Waals surface area contributed by atoms with Gasteiger partial charge in [0.2, 0.25) is 5.91 Å². The van der Waals surface area contributed by atoms with E-state index in [9.17, 15) is 9.59 Å². The summed E-state index contributed by atoms with van der Waals surface area (Å²) in [7, 11) is 0. The van der Waals surface area contributed by atoms with Crippen LogP contribution in [-0.4, -0.2) is 29.9 Å². The highest BCUT2D eigenvalue weighted by Gasteiger charge is 2.18. The fourth-order valence-corrected chi connectivity index (χ4v) is 3.51. The summed E-state index contributed by atoms with van der Waals surface area (Å²) in [6.07, 6.45) is 0.497. The molecule has 0 aromatic heterocycles. The van der Waals surface area contributed by atoms with Gasteiger partial charge in [-0.1, -0.05) is 40.7 Å². The molecule has 0 radical (unpaired) electrons. The number of nitrogens with zero attached hydrogens (tertiary/aromatic N) is 1. The third-order valence-corrected chi connectivity index (χ3v) is 4.44. The maximum absolute atomic E-state index is 11.5. The van der Waals surface area contributed by atoms with E-state index in [4.69, 9.17) is 12.2 Å². The van der Waals surface area contributed by atoms with E-state index in [0.29, 0.717) is 18.3 Å². The minimum atomic E-state index is -0.207. The van der Waals surface area contributed by atoms with Crippen molar-refractivity contribution in [1.82, 2.24) is 5.32 Å². The van der Waals surface area contributed by atoms with E-state index in [0.717, 1.165) is 30.0 Å². The highest BCUT2D eigenvalue weighted by atomic mass is 32.1. The van der Waals surface area contributed by atoms with Crippen molar-refractivity contribution >= 4 is 40.4 Å². The van der Waals surface area contributed by atoms with Crippen LogP contribution in [0.4, 0.5) is 11.4 Å². The molecule has 0 saturated carbocycles. The van der Waals surface area contributed by atoms with Crippen LogP contribution >= 0.6 is 12.2 Å². The van der Waals surface area contributed by atoms with Crippen molar-refractivity contribution < 1.29 is 9.59 Å². The molecular formula is C22H35N3O2S. The van der Waals surface area contributed by atoms with Crippen LogP contribution < -0.4 is 15.5 Å². The molecular weight excluding hydrogens is 370 g/mol. The highest BCUT2D eigenvalue weighted by Crippen LogP contribution is 2.32. The van der Waals surface area contributed by atoms with Crippen molar-refractivity contribution in [2.45, 2.75) is 60.8 Å². The molecule has 1 unspecified atom stereocenters. The number of carbonyl (C=O) groups is 2. The molecule has 0 aliphatic heterocycles. The summed E-state index contributed by atoms with van der Waals surface area (Å²) in [6.45, 7) is 15.7. The summed E-state index contributed by atoms with van der Waals surface area (Å²) in [5.41, 5.74) is 2.97. The van der Waals surface area contributed by atoms with Gasteiger partial charge in [-0.2, -0.15) is 0 Å². The normalized spacial score (nSPS) is 12.0. The second-order valence-electron chi connectivity index (χ2n) is 8.41. The molecule has 1 atom stereocenters. The first-order chi connectivity index (χ1) is 13.0. The monoisotopic (exact) mass is 405 g/mol. The third kappa shape index (κ3) is 8.38. The lowest BCUT2D eigenvalue weighted by Crippen LogP contribution is -2.35. The van der Waals surface area contributed by atoms with Crippen LogP contribution in [0.1, 0.15) is 66.4 Å². The van der Waals surface area contributed by atoms with Gasteiger partial charge in [0.05, 0.1) is 11.4 Å². The quantitative estimate of drug-likeness (QED) is 0.582. The molecule has 6 heteroatoms. The molecule has 0 heterocycles. The zero-order valence-corrected chi connectivity index (χ0v) is 19.1. The zero-order valence-electron chi connectivity index (χ0n) is 18.3. The first-order valence-corrected chi connectivity index (χ1v) is 10.4. The summed E-state index contributed by atoms with van der Waals surface area (Å²) in [6, 6.07) is 6.23. The van der Waals surface area contributed by atoms with Crippen molar-refractivity contribution in [2.75, 3.05) is 23.3 Å². The van der Waals surface area contributed by atoms with Crippen LogP contribution in [0.25, 0.3) is 0 Å². The molecule has 156 valence electrons. The number of anilines is 2. The topological polar surface area (TPSA) is 61.4 Å². The molecule has 0 bridgehead atoms. The van der Waals surface area contributed by atoms with E-state index >= 15 is 0 Å². The van der Waals surface area contributed by atoms with Crippen LogP contribution in [-0.2, 0) is 9.59 Å². The van der Waals surface area contributed by atoms with Crippen molar-refractivity contribution in [3.8, 4) is 0 Å². The number of hydrogen-bond donors (Lipinski definition) is 2. The van der Waals surface area contributed by atoms with Gasteiger partial charge in [0.15, 0.2) is 5.11 Å². The number of Topliss-reactive ketones (excluding diaryl/α,β-unsaturated/α-hetero) is 1. The van der Waals surface area contributed by atoms with Gasteiger partial charge in [-0.05, 0) is 54.6 Å². The predicted molar refractivity (Wildman–Crippen MR) is 122 cm³/mol. The Morgan fingerprint density at radius 1 is 1.04 bits per heavy atom. The van der Waals surface area contributed by atoms with Gasteiger partial charge >= 0.3 is 0 Å². The molecule has 1 aromatic rings.